The van der Waals surface area contributed by atoms with E-state index in [1.807, 2.05) is 23.5 Å². The average molecular weight is 1260 g/mol. The van der Waals surface area contributed by atoms with Crippen LogP contribution in [0.15, 0.2) is 290 Å². The number of nitrogens with zero attached hydrogens (tertiary/aromatic N) is 4. The van der Waals surface area contributed by atoms with Gasteiger partial charge in [-0.05, 0) is 154 Å². The van der Waals surface area contributed by atoms with Crippen LogP contribution in [0.25, 0.3) is 152 Å². The summed E-state index contributed by atoms with van der Waals surface area (Å²) in [4.78, 5) is 0. The Kier molecular flexibility index (Phi) is 13.7. The molecule has 19 rings (SSSR count). The zero-order valence-electron chi connectivity index (χ0n) is 55.7. The van der Waals surface area contributed by atoms with Crippen molar-refractivity contribution in [1.82, 2.24) is 18.3 Å². The van der Waals surface area contributed by atoms with Crippen LogP contribution in [0.4, 0.5) is 0 Å². The summed E-state index contributed by atoms with van der Waals surface area (Å²) >= 11 is 1.89. The lowest BCUT2D eigenvalue weighted by Gasteiger charge is -2.19. The van der Waals surface area contributed by atoms with E-state index in [0.29, 0.717) is 0 Å². The molecule has 0 fully saturated rings. The van der Waals surface area contributed by atoms with Crippen molar-refractivity contribution in [3.05, 3.63) is 302 Å². The summed E-state index contributed by atoms with van der Waals surface area (Å²) in [6.45, 7) is 20.4. The first-order valence-electron chi connectivity index (χ1n) is 33.6. The SMILES string of the molecule is CC(C)(C)c1ccc(-n2c3ccccc3c3cc4c(cc32)c2ccccc2n4-c2ccccc2)cc1.CC(C)(C)c1ccc(-n2c3ccccc3c3cc4oc5ccccc5c4cc32)cc1.CC(C)(C)c1ccc(-n2c3ccccc3c3cc4sc5ccccc5c4cc32)cc1. The standard InChI is InChI=1S/C34H28N2.C28H23NO.C28H23NS/c1-34(2,3)23-17-19-25(20-18-23)36-31-16-10-8-14-27(31)29-21-32-28(22-33(29)36)26-13-7-9-15-30(26)35(32)24-11-5-4-6-12-24;2*1-28(2,3)18-12-14-19(15-13-18)29-24-10-6-4-8-20(24)22-17-27-23(16-25(22)29)21-9-5-7-11-26(21)30-27/h4-22H,1-3H3;2*4-17H,1-3H3. The van der Waals surface area contributed by atoms with Crippen LogP contribution in [0, 0.1) is 0 Å². The van der Waals surface area contributed by atoms with Gasteiger partial charge in [0.15, 0.2) is 0 Å². The molecule has 0 aliphatic heterocycles. The van der Waals surface area contributed by atoms with Crippen LogP contribution in [0.3, 0.4) is 0 Å². The molecule has 0 saturated heterocycles. The van der Waals surface area contributed by atoms with Crippen molar-refractivity contribution < 1.29 is 4.42 Å². The molecule has 5 nitrogen and oxygen atoms in total. The fourth-order valence-corrected chi connectivity index (χ4v) is 16.0. The normalized spacial score (nSPS) is 12.4. The van der Waals surface area contributed by atoms with E-state index in [2.05, 4.69) is 354 Å². The molecule has 0 atom stereocenters. The minimum atomic E-state index is 0.130. The molecule has 6 heteroatoms. The monoisotopic (exact) mass is 1260 g/mol. The molecule has 96 heavy (non-hydrogen) atoms. The van der Waals surface area contributed by atoms with E-state index in [9.17, 15) is 0 Å². The van der Waals surface area contributed by atoms with Crippen LogP contribution < -0.4 is 0 Å². The van der Waals surface area contributed by atoms with Gasteiger partial charge in [-0.25, -0.2) is 0 Å². The first kappa shape index (κ1) is 58.9. The van der Waals surface area contributed by atoms with Crippen molar-refractivity contribution in [2.75, 3.05) is 0 Å². The molecule has 0 saturated carbocycles. The quantitative estimate of drug-likeness (QED) is 0.173. The van der Waals surface area contributed by atoms with Crippen LogP contribution in [0.2, 0.25) is 0 Å². The summed E-state index contributed by atoms with van der Waals surface area (Å²) in [5.41, 5.74) is 21.0. The van der Waals surface area contributed by atoms with Crippen LogP contribution in [0.1, 0.15) is 79.0 Å². The Balaban J connectivity index is 0.000000110. The summed E-state index contributed by atoms with van der Waals surface area (Å²) in [6.07, 6.45) is 0. The van der Waals surface area contributed by atoms with E-state index < -0.39 is 0 Å². The Bertz CT molecular complexity index is 5980. The number of aromatic nitrogens is 4. The molecule has 0 bridgehead atoms. The lowest BCUT2D eigenvalue weighted by Crippen LogP contribution is -2.10. The molecule has 0 aliphatic rings. The second kappa shape index (κ2) is 22.4. The maximum atomic E-state index is 6.17. The third-order valence-corrected chi connectivity index (χ3v) is 20.9. The molecule has 19 aromatic rings. The fraction of sp³-hybridized carbons (Fsp3) is 0.133. The molecular weight excluding hydrogens is 1190 g/mol. The molecule has 13 aromatic carbocycles. The second-order valence-electron chi connectivity index (χ2n) is 29.0. The topological polar surface area (TPSA) is 32.9 Å². The van der Waals surface area contributed by atoms with Crippen LogP contribution in [-0.2, 0) is 16.2 Å². The Hall–Kier alpha value is -10.9. The van der Waals surface area contributed by atoms with Gasteiger partial charge in [0.2, 0.25) is 0 Å². The summed E-state index contributed by atoms with van der Waals surface area (Å²) < 4.78 is 18.5. The molecule has 6 heterocycles. The summed E-state index contributed by atoms with van der Waals surface area (Å²) in [5, 5.41) is 15.2. The van der Waals surface area contributed by atoms with Gasteiger partial charge in [0, 0.05) is 96.8 Å². The van der Waals surface area contributed by atoms with E-state index in [1.165, 1.54) is 147 Å². The number of thiophene rings is 1. The Morgan fingerprint density at radius 3 is 0.948 bits per heavy atom. The minimum absolute atomic E-state index is 0.130. The van der Waals surface area contributed by atoms with Crippen molar-refractivity contribution in [1.29, 1.82) is 0 Å². The fourth-order valence-electron chi connectivity index (χ4n) is 14.8. The van der Waals surface area contributed by atoms with Gasteiger partial charge in [0.25, 0.3) is 0 Å². The molecule has 0 spiro atoms. The van der Waals surface area contributed by atoms with Gasteiger partial charge in [-0.3, -0.25) is 0 Å². The lowest BCUT2D eigenvalue weighted by atomic mass is 9.87. The maximum Gasteiger partial charge on any atom is 0.136 e. The smallest absolute Gasteiger partial charge is 0.136 e. The highest BCUT2D eigenvalue weighted by molar-refractivity contribution is 7.25. The van der Waals surface area contributed by atoms with Gasteiger partial charge in [0.05, 0.1) is 44.1 Å². The lowest BCUT2D eigenvalue weighted by molar-refractivity contribution is 0.590. The van der Waals surface area contributed by atoms with Crippen LogP contribution in [0.5, 0.6) is 0 Å². The summed E-state index contributed by atoms with van der Waals surface area (Å²) in [6, 6.07) is 104. The maximum absolute atomic E-state index is 6.17. The van der Waals surface area contributed by atoms with Crippen molar-refractivity contribution >= 4 is 141 Å². The molecule has 6 aromatic heterocycles. The Morgan fingerprint density at radius 1 is 0.219 bits per heavy atom. The molecular formula is C90H74N4OS. The second-order valence-corrected chi connectivity index (χ2v) is 30.0. The number of para-hydroxylation sites is 6. The number of benzene rings is 13. The van der Waals surface area contributed by atoms with E-state index in [-0.39, 0.29) is 16.2 Å². The van der Waals surface area contributed by atoms with Crippen LogP contribution >= 0.6 is 11.3 Å². The first-order chi connectivity index (χ1) is 46.5. The van der Waals surface area contributed by atoms with Gasteiger partial charge in [0.1, 0.15) is 11.2 Å². The first-order valence-corrected chi connectivity index (χ1v) is 34.4. The molecule has 0 unspecified atom stereocenters. The molecule has 0 radical (unpaired) electrons. The Morgan fingerprint density at radius 2 is 0.531 bits per heavy atom. The van der Waals surface area contributed by atoms with E-state index in [4.69, 9.17) is 4.42 Å². The van der Waals surface area contributed by atoms with Gasteiger partial charge in [-0.1, -0.05) is 226 Å². The number of rotatable bonds is 4. The van der Waals surface area contributed by atoms with Crippen molar-refractivity contribution in [2.24, 2.45) is 0 Å². The van der Waals surface area contributed by atoms with E-state index in [1.54, 1.807) is 0 Å². The number of hydrogen-bond acceptors (Lipinski definition) is 2. The van der Waals surface area contributed by atoms with E-state index in [0.717, 1.165) is 21.9 Å². The van der Waals surface area contributed by atoms with E-state index >= 15 is 0 Å². The largest absolute Gasteiger partial charge is 0.456 e. The van der Waals surface area contributed by atoms with Crippen molar-refractivity contribution in [3.8, 4) is 22.7 Å². The van der Waals surface area contributed by atoms with Gasteiger partial charge in [-0.2, -0.15) is 0 Å². The van der Waals surface area contributed by atoms with Crippen molar-refractivity contribution in [2.45, 2.75) is 78.6 Å². The number of furan rings is 1. The zero-order chi connectivity index (χ0) is 65.4. The zero-order valence-corrected chi connectivity index (χ0v) is 56.6. The predicted molar refractivity (Wildman–Crippen MR) is 413 cm³/mol. The third-order valence-electron chi connectivity index (χ3n) is 19.8. The highest BCUT2D eigenvalue weighted by atomic mass is 32.1. The molecule has 0 aliphatic carbocycles. The average Bonchev–Trinajstić information content (AvgIpc) is 1.58. The number of hydrogen-bond donors (Lipinski definition) is 0. The van der Waals surface area contributed by atoms with Crippen molar-refractivity contribution in [3.63, 3.8) is 0 Å². The molecule has 0 amide bonds. The highest BCUT2D eigenvalue weighted by Crippen LogP contribution is 2.44. The molecule has 0 N–H and O–H groups in total. The van der Waals surface area contributed by atoms with Gasteiger partial charge < -0.3 is 22.7 Å². The third kappa shape index (κ3) is 9.79. The highest BCUT2D eigenvalue weighted by Gasteiger charge is 2.23. The Labute approximate surface area is 562 Å². The molecule has 466 valence electrons. The number of fused-ring (bicyclic) bond motifs is 18. The van der Waals surface area contributed by atoms with Gasteiger partial charge >= 0.3 is 0 Å². The minimum Gasteiger partial charge on any atom is -0.456 e. The predicted octanol–water partition coefficient (Wildman–Crippen LogP) is 25.6. The summed E-state index contributed by atoms with van der Waals surface area (Å²) in [7, 11) is 0. The van der Waals surface area contributed by atoms with Crippen LogP contribution in [-0.4, -0.2) is 18.3 Å². The summed E-state index contributed by atoms with van der Waals surface area (Å²) in [5.74, 6) is 0. The van der Waals surface area contributed by atoms with Gasteiger partial charge in [-0.15, -0.1) is 11.3 Å².